The van der Waals surface area contributed by atoms with Gasteiger partial charge in [0.05, 0.1) is 0 Å². The highest BCUT2D eigenvalue weighted by molar-refractivity contribution is 4.85. The number of hydrogen-bond donors (Lipinski definition) is 0. The number of unbranched alkanes of at least 4 members (excludes halogenated alkanes) is 3. The van der Waals surface area contributed by atoms with Gasteiger partial charge in [-0.3, -0.25) is 0 Å². The highest BCUT2D eigenvalue weighted by Crippen LogP contribution is 1.97. The van der Waals surface area contributed by atoms with Crippen LogP contribution in [0.5, 0.6) is 0 Å². The fourth-order valence-corrected chi connectivity index (χ4v) is 0.771. The lowest BCUT2D eigenvalue weighted by molar-refractivity contribution is 0.730. The standard InChI is InChI=1S/C7H14.C6H10.C2H4/c1-3-5-7-6-4-2;1-3-5-6-4-2;1-2/h3H,1,4-7H2,2H3;3-4,6H,1,5H2,2H3;1-2H2/b;6-4+;. The molecule has 0 spiro atoms. The predicted molar refractivity (Wildman–Crippen MR) is 75.2 cm³/mol. The lowest BCUT2D eigenvalue weighted by Gasteiger charge is -1.87. The van der Waals surface area contributed by atoms with E-state index in [2.05, 4.69) is 39.3 Å². The topological polar surface area (TPSA) is 0 Å². The molecule has 0 aliphatic rings. The van der Waals surface area contributed by atoms with Crippen LogP contribution < -0.4 is 0 Å². The van der Waals surface area contributed by atoms with Gasteiger partial charge in [-0.25, -0.2) is 0 Å². The van der Waals surface area contributed by atoms with Crippen molar-refractivity contribution in [2.45, 2.75) is 46.0 Å². The zero-order valence-corrected chi connectivity index (χ0v) is 10.7. The Balaban J connectivity index is -0.000000166. The zero-order valence-electron chi connectivity index (χ0n) is 10.7. The van der Waals surface area contributed by atoms with Crippen LogP contribution in [0.4, 0.5) is 0 Å². The Hall–Kier alpha value is -1.04. The maximum atomic E-state index is 3.63. The first kappa shape index (κ1) is 19.5. The molecule has 0 saturated heterocycles. The van der Waals surface area contributed by atoms with Gasteiger partial charge >= 0.3 is 0 Å². The normalized spacial score (nSPS) is 8.13. The molecule has 0 aromatic carbocycles. The maximum absolute atomic E-state index is 3.63. The summed E-state index contributed by atoms with van der Waals surface area (Å²) in [5.74, 6) is 0. The largest absolute Gasteiger partial charge is 0.106 e. The summed E-state index contributed by atoms with van der Waals surface area (Å²) in [6.45, 7) is 17.4. The molecule has 0 nitrogen and oxygen atoms in total. The van der Waals surface area contributed by atoms with Gasteiger partial charge in [-0.2, -0.15) is 0 Å². The lowest BCUT2D eigenvalue weighted by atomic mass is 10.2. The first-order valence-electron chi connectivity index (χ1n) is 5.66. The van der Waals surface area contributed by atoms with Crippen LogP contribution in [-0.4, -0.2) is 0 Å². The van der Waals surface area contributed by atoms with Crippen molar-refractivity contribution in [3.8, 4) is 0 Å². The molecule has 0 heterocycles. The Morgan fingerprint density at radius 3 is 1.87 bits per heavy atom. The van der Waals surface area contributed by atoms with Crippen molar-refractivity contribution in [3.05, 3.63) is 50.6 Å². The van der Waals surface area contributed by atoms with Crippen molar-refractivity contribution in [2.75, 3.05) is 0 Å². The number of allylic oxidation sites excluding steroid dienone is 4. The minimum Gasteiger partial charge on any atom is -0.106 e. The highest BCUT2D eigenvalue weighted by Gasteiger charge is 1.77. The van der Waals surface area contributed by atoms with Crippen molar-refractivity contribution >= 4 is 0 Å². The fraction of sp³-hybridized carbons (Fsp3) is 0.467. The second-order valence-corrected chi connectivity index (χ2v) is 2.88. The SMILES string of the molecule is C=C.C=CC/C=C/C.C=CCCCCC. The van der Waals surface area contributed by atoms with Crippen LogP contribution in [0.3, 0.4) is 0 Å². The van der Waals surface area contributed by atoms with Gasteiger partial charge < -0.3 is 0 Å². The van der Waals surface area contributed by atoms with E-state index in [0.717, 1.165) is 6.42 Å². The monoisotopic (exact) mass is 208 g/mol. The molecular formula is C15H28. The highest BCUT2D eigenvalue weighted by atomic mass is 13.8. The van der Waals surface area contributed by atoms with E-state index < -0.39 is 0 Å². The van der Waals surface area contributed by atoms with E-state index in [1.807, 2.05) is 25.2 Å². The molecule has 0 aliphatic carbocycles. The quantitative estimate of drug-likeness (QED) is 0.388. The fourth-order valence-electron chi connectivity index (χ4n) is 0.771. The van der Waals surface area contributed by atoms with Gasteiger partial charge in [-0.05, 0) is 26.2 Å². The van der Waals surface area contributed by atoms with Crippen molar-refractivity contribution in [1.82, 2.24) is 0 Å². The van der Waals surface area contributed by atoms with Crippen molar-refractivity contribution < 1.29 is 0 Å². The van der Waals surface area contributed by atoms with E-state index in [1.54, 1.807) is 0 Å². The van der Waals surface area contributed by atoms with Gasteiger partial charge in [-0.15, -0.1) is 26.3 Å². The number of rotatable bonds is 6. The zero-order chi connectivity index (χ0) is 12.4. The first-order valence-corrected chi connectivity index (χ1v) is 5.66. The third-order valence-corrected chi connectivity index (χ3v) is 1.55. The molecule has 0 rings (SSSR count). The molecule has 0 heteroatoms. The molecule has 0 saturated carbocycles. The van der Waals surface area contributed by atoms with Crippen LogP contribution in [0.25, 0.3) is 0 Å². The Labute approximate surface area is 97.1 Å². The first-order chi connectivity index (χ1) is 7.33. The van der Waals surface area contributed by atoms with E-state index in [-0.39, 0.29) is 0 Å². The molecule has 88 valence electrons. The van der Waals surface area contributed by atoms with Crippen LogP contribution in [0, 0.1) is 0 Å². The molecule has 0 amide bonds. The average Bonchev–Trinajstić information content (AvgIpc) is 2.31. The van der Waals surface area contributed by atoms with E-state index in [4.69, 9.17) is 0 Å². The van der Waals surface area contributed by atoms with Crippen LogP contribution in [0.2, 0.25) is 0 Å². The van der Waals surface area contributed by atoms with E-state index in [9.17, 15) is 0 Å². The van der Waals surface area contributed by atoms with E-state index in [1.165, 1.54) is 25.7 Å². The van der Waals surface area contributed by atoms with Crippen LogP contribution >= 0.6 is 0 Å². The van der Waals surface area contributed by atoms with Gasteiger partial charge in [0.25, 0.3) is 0 Å². The molecule has 0 bridgehead atoms. The molecule has 0 unspecified atom stereocenters. The molecule has 0 atom stereocenters. The molecule has 0 aromatic heterocycles. The third-order valence-electron chi connectivity index (χ3n) is 1.55. The molecule has 0 fully saturated rings. The molecule has 0 radical (unpaired) electrons. The third kappa shape index (κ3) is 43.8. The van der Waals surface area contributed by atoms with Gasteiger partial charge in [0.1, 0.15) is 0 Å². The minimum atomic E-state index is 0.997. The Morgan fingerprint density at radius 2 is 1.60 bits per heavy atom. The van der Waals surface area contributed by atoms with Crippen molar-refractivity contribution in [1.29, 1.82) is 0 Å². The summed E-state index contributed by atoms with van der Waals surface area (Å²) in [4.78, 5) is 0. The molecule has 0 aromatic rings. The van der Waals surface area contributed by atoms with Gasteiger partial charge in [0.15, 0.2) is 0 Å². The Bertz CT molecular complexity index is 131. The summed E-state index contributed by atoms with van der Waals surface area (Å²) >= 11 is 0. The Morgan fingerprint density at radius 1 is 1.00 bits per heavy atom. The lowest BCUT2D eigenvalue weighted by Crippen LogP contribution is -1.67. The average molecular weight is 208 g/mol. The summed E-state index contributed by atoms with van der Waals surface area (Å²) in [7, 11) is 0. The molecule has 0 N–H and O–H groups in total. The van der Waals surface area contributed by atoms with Gasteiger partial charge in [0, 0.05) is 0 Å². The van der Waals surface area contributed by atoms with E-state index in [0.29, 0.717) is 0 Å². The second kappa shape index (κ2) is 29.3. The Kier molecular flexibility index (Phi) is 38.1. The summed E-state index contributed by atoms with van der Waals surface area (Å²) in [5, 5.41) is 0. The summed E-state index contributed by atoms with van der Waals surface area (Å²) < 4.78 is 0. The van der Waals surface area contributed by atoms with Crippen LogP contribution in [-0.2, 0) is 0 Å². The maximum Gasteiger partial charge on any atom is -0.0172 e. The van der Waals surface area contributed by atoms with Crippen molar-refractivity contribution in [3.63, 3.8) is 0 Å². The molecule has 0 aliphatic heterocycles. The van der Waals surface area contributed by atoms with Crippen LogP contribution in [0.15, 0.2) is 50.6 Å². The smallest absolute Gasteiger partial charge is 0.0172 e. The molecule has 15 heavy (non-hydrogen) atoms. The number of hydrogen-bond acceptors (Lipinski definition) is 0. The summed E-state index contributed by atoms with van der Waals surface area (Å²) in [6, 6.07) is 0. The van der Waals surface area contributed by atoms with Gasteiger partial charge in [-0.1, -0.05) is 44.1 Å². The second-order valence-electron chi connectivity index (χ2n) is 2.88. The predicted octanol–water partition coefficient (Wildman–Crippen LogP) is 5.69. The summed E-state index contributed by atoms with van der Waals surface area (Å²) in [6.07, 6.45) is 14.1. The summed E-state index contributed by atoms with van der Waals surface area (Å²) in [5.41, 5.74) is 0. The van der Waals surface area contributed by atoms with Crippen LogP contribution in [0.1, 0.15) is 46.0 Å². The van der Waals surface area contributed by atoms with Crippen molar-refractivity contribution in [2.24, 2.45) is 0 Å². The minimum absolute atomic E-state index is 0.997. The molecular weight excluding hydrogens is 180 g/mol. The van der Waals surface area contributed by atoms with E-state index >= 15 is 0 Å². The van der Waals surface area contributed by atoms with Gasteiger partial charge in [0.2, 0.25) is 0 Å².